The number of nitrogens with zero attached hydrogens (tertiary/aromatic N) is 1. The molecule has 3 nitrogen and oxygen atoms in total. The van der Waals surface area contributed by atoms with E-state index in [1.165, 1.54) is 12.1 Å². The molecule has 0 radical (unpaired) electrons. The molecule has 4 heteroatoms. The first-order chi connectivity index (χ1) is 9.62. The van der Waals surface area contributed by atoms with Crippen LogP contribution >= 0.6 is 0 Å². The predicted molar refractivity (Wildman–Crippen MR) is 76.0 cm³/mol. The first-order valence-corrected chi connectivity index (χ1v) is 7.41. The van der Waals surface area contributed by atoms with Crippen LogP contribution in [0.25, 0.3) is 0 Å². The monoisotopic (exact) mass is 276 g/mol. The van der Waals surface area contributed by atoms with E-state index in [0.29, 0.717) is 6.04 Å². The summed E-state index contributed by atoms with van der Waals surface area (Å²) < 4.78 is 13.5. The summed E-state index contributed by atoms with van der Waals surface area (Å²) in [6, 6.07) is 6.90. The highest BCUT2D eigenvalue weighted by Crippen LogP contribution is 2.45. The number of hydrogen-bond donors (Lipinski definition) is 1. The first-order valence-electron chi connectivity index (χ1n) is 7.41. The van der Waals surface area contributed by atoms with Crippen molar-refractivity contribution in [1.82, 2.24) is 10.2 Å². The van der Waals surface area contributed by atoms with E-state index < -0.39 is 5.41 Å². The maximum absolute atomic E-state index is 13.5. The van der Waals surface area contributed by atoms with Crippen LogP contribution in [0, 0.1) is 5.82 Å². The Labute approximate surface area is 119 Å². The standard InChI is InChI=1S/C16H21FN2O/c1-12-11-19(9-8-18-12)15(20)16(6-3-7-16)13-4-2-5-14(17)10-13/h2,4-5,10,12,18H,3,6-9,11H2,1H3. The van der Waals surface area contributed by atoms with Gasteiger partial charge in [0.25, 0.3) is 0 Å². The van der Waals surface area contributed by atoms with Crippen molar-refractivity contribution in [2.45, 2.75) is 37.6 Å². The molecule has 0 aromatic heterocycles. The maximum atomic E-state index is 13.5. The molecular formula is C16H21FN2O. The highest BCUT2D eigenvalue weighted by molar-refractivity contribution is 5.89. The van der Waals surface area contributed by atoms with Gasteiger partial charge in [0, 0.05) is 25.7 Å². The molecule has 1 aliphatic carbocycles. The van der Waals surface area contributed by atoms with Crippen LogP contribution in [0.15, 0.2) is 24.3 Å². The van der Waals surface area contributed by atoms with Gasteiger partial charge in [-0.25, -0.2) is 4.39 Å². The molecule has 1 aliphatic heterocycles. The highest BCUT2D eigenvalue weighted by Gasteiger charge is 2.48. The molecule has 0 bridgehead atoms. The summed E-state index contributed by atoms with van der Waals surface area (Å²) in [7, 11) is 0. The van der Waals surface area contributed by atoms with Crippen LogP contribution in [0.3, 0.4) is 0 Å². The molecule has 0 spiro atoms. The van der Waals surface area contributed by atoms with Gasteiger partial charge in [-0.1, -0.05) is 18.6 Å². The van der Waals surface area contributed by atoms with E-state index in [0.717, 1.165) is 44.5 Å². The van der Waals surface area contributed by atoms with Crippen molar-refractivity contribution in [3.05, 3.63) is 35.6 Å². The number of rotatable bonds is 2. The highest BCUT2D eigenvalue weighted by atomic mass is 19.1. The minimum atomic E-state index is -0.473. The number of hydrogen-bond acceptors (Lipinski definition) is 2. The van der Waals surface area contributed by atoms with Gasteiger partial charge >= 0.3 is 0 Å². The van der Waals surface area contributed by atoms with Gasteiger partial charge in [-0.05, 0) is 37.5 Å². The van der Waals surface area contributed by atoms with Crippen molar-refractivity contribution in [2.24, 2.45) is 0 Å². The van der Waals surface area contributed by atoms with Gasteiger partial charge in [-0.15, -0.1) is 0 Å². The Morgan fingerprint density at radius 2 is 2.25 bits per heavy atom. The molecule has 1 heterocycles. The largest absolute Gasteiger partial charge is 0.339 e. The minimum Gasteiger partial charge on any atom is -0.339 e. The fraction of sp³-hybridized carbons (Fsp3) is 0.562. The molecule has 1 saturated heterocycles. The summed E-state index contributed by atoms with van der Waals surface area (Å²) in [5, 5.41) is 3.35. The van der Waals surface area contributed by atoms with Crippen LogP contribution in [0.2, 0.25) is 0 Å². The summed E-state index contributed by atoms with van der Waals surface area (Å²) >= 11 is 0. The second-order valence-corrected chi connectivity index (χ2v) is 6.05. The van der Waals surface area contributed by atoms with Crippen LogP contribution in [-0.4, -0.2) is 36.5 Å². The van der Waals surface area contributed by atoms with E-state index in [-0.39, 0.29) is 11.7 Å². The van der Waals surface area contributed by atoms with Gasteiger partial charge < -0.3 is 10.2 Å². The summed E-state index contributed by atoms with van der Waals surface area (Å²) in [4.78, 5) is 14.9. The van der Waals surface area contributed by atoms with E-state index in [4.69, 9.17) is 0 Å². The second kappa shape index (κ2) is 5.17. The third-order valence-electron chi connectivity index (χ3n) is 4.65. The Balaban J connectivity index is 1.87. The van der Waals surface area contributed by atoms with Crippen LogP contribution in [0.4, 0.5) is 4.39 Å². The molecule has 1 aromatic rings. The third-order valence-corrected chi connectivity index (χ3v) is 4.65. The van der Waals surface area contributed by atoms with Crippen molar-refractivity contribution in [2.75, 3.05) is 19.6 Å². The molecule has 1 amide bonds. The van der Waals surface area contributed by atoms with E-state index in [2.05, 4.69) is 12.2 Å². The Morgan fingerprint density at radius 3 is 2.85 bits per heavy atom. The molecule has 1 aromatic carbocycles. The van der Waals surface area contributed by atoms with Crippen molar-refractivity contribution in [3.8, 4) is 0 Å². The molecule has 2 aliphatic rings. The molecule has 1 unspecified atom stereocenters. The van der Waals surface area contributed by atoms with E-state index in [1.54, 1.807) is 6.07 Å². The average Bonchev–Trinajstić information content (AvgIpc) is 2.37. The molecule has 1 N–H and O–H groups in total. The topological polar surface area (TPSA) is 32.3 Å². The zero-order valence-electron chi connectivity index (χ0n) is 11.9. The van der Waals surface area contributed by atoms with Crippen molar-refractivity contribution in [1.29, 1.82) is 0 Å². The Kier molecular flexibility index (Phi) is 3.50. The molecule has 20 heavy (non-hydrogen) atoms. The lowest BCUT2D eigenvalue weighted by atomic mass is 9.63. The molecule has 1 saturated carbocycles. The van der Waals surface area contributed by atoms with Crippen LogP contribution in [0.5, 0.6) is 0 Å². The summed E-state index contributed by atoms with van der Waals surface area (Å²) in [6.07, 6.45) is 2.73. The van der Waals surface area contributed by atoms with Gasteiger partial charge in [0.1, 0.15) is 5.82 Å². The normalized spacial score (nSPS) is 25.1. The lowest BCUT2D eigenvalue weighted by Crippen LogP contribution is -2.58. The molecular weight excluding hydrogens is 255 g/mol. The van der Waals surface area contributed by atoms with Crippen molar-refractivity contribution >= 4 is 5.91 Å². The molecule has 108 valence electrons. The molecule has 3 rings (SSSR count). The Hall–Kier alpha value is -1.42. The number of amides is 1. The number of nitrogens with one attached hydrogen (secondary N) is 1. The number of halogens is 1. The van der Waals surface area contributed by atoms with Gasteiger partial charge in [0.2, 0.25) is 5.91 Å². The van der Waals surface area contributed by atoms with Crippen LogP contribution < -0.4 is 5.32 Å². The zero-order valence-corrected chi connectivity index (χ0v) is 11.9. The number of carbonyl (C=O) groups is 1. The van der Waals surface area contributed by atoms with E-state index in [9.17, 15) is 9.18 Å². The molecule has 1 atom stereocenters. The number of benzene rings is 1. The Bertz CT molecular complexity index is 513. The fourth-order valence-electron chi connectivity index (χ4n) is 3.36. The SMILES string of the molecule is CC1CN(C(=O)C2(c3cccc(F)c3)CCC2)CCN1. The quantitative estimate of drug-likeness (QED) is 0.897. The number of piperazine rings is 1. The fourth-order valence-corrected chi connectivity index (χ4v) is 3.36. The van der Waals surface area contributed by atoms with E-state index in [1.807, 2.05) is 11.0 Å². The summed E-state index contributed by atoms with van der Waals surface area (Å²) in [6.45, 7) is 4.43. The zero-order chi connectivity index (χ0) is 14.2. The summed E-state index contributed by atoms with van der Waals surface area (Å²) in [5.74, 6) is -0.0713. The van der Waals surface area contributed by atoms with Crippen molar-refractivity contribution < 1.29 is 9.18 Å². The lowest BCUT2D eigenvalue weighted by Gasteiger charge is -2.45. The lowest BCUT2D eigenvalue weighted by molar-refractivity contribution is -0.142. The minimum absolute atomic E-state index is 0.183. The van der Waals surface area contributed by atoms with Gasteiger partial charge in [-0.2, -0.15) is 0 Å². The van der Waals surface area contributed by atoms with Gasteiger partial charge in [0.15, 0.2) is 0 Å². The first kappa shape index (κ1) is 13.6. The maximum Gasteiger partial charge on any atom is 0.233 e. The smallest absolute Gasteiger partial charge is 0.233 e. The average molecular weight is 276 g/mol. The molecule has 2 fully saturated rings. The van der Waals surface area contributed by atoms with Gasteiger partial charge in [0.05, 0.1) is 5.41 Å². The van der Waals surface area contributed by atoms with Crippen molar-refractivity contribution in [3.63, 3.8) is 0 Å². The second-order valence-electron chi connectivity index (χ2n) is 6.05. The summed E-state index contributed by atoms with van der Waals surface area (Å²) in [5.41, 5.74) is 0.374. The van der Waals surface area contributed by atoms with Crippen LogP contribution in [0.1, 0.15) is 31.7 Å². The van der Waals surface area contributed by atoms with Crippen LogP contribution in [-0.2, 0) is 10.2 Å². The van der Waals surface area contributed by atoms with Gasteiger partial charge in [-0.3, -0.25) is 4.79 Å². The van der Waals surface area contributed by atoms with E-state index >= 15 is 0 Å². The third kappa shape index (κ3) is 2.22. The Morgan fingerprint density at radius 1 is 1.45 bits per heavy atom. The number of carbonyl (C=O) groups excluding carboxylic acids is 1. The predicted octanol–water partition coefficient (Wildman–Crippen LogP) is 2.07.